The van der Waals surface area contributed by atoms with Gasteiger partial charge in [-0.15, -0.1) is 0 Å². The molecule has 1 saturated carbocycles. The first-order valence-electron chi connectivity index (χ1n) is 16.2. The lowest BCUT2D eigenvalue weighted by Crippen LogP contribution is -2.51. The Labute approximate surface area is 275 Å². The number of aromatic amines is 2. The number of alkyl carbamates (subject to hydrolysis) is 1. The molecule has 5 aromatic rings. The quantitative estimate of drug-likeness (QED) is 0.114. The summed E-state index contributed by atoms with van der Waals surface area (Å²) in [7, 11) is 0. The highest BCUT2D eigenvalue weighted by Gasteiger charge is 2.34. The number of hydrogen-bond acceptors (Lipinski definition) is 6. The Bertz CT molecular complexity index is 1650. The molecular weight excluding hydrogens is 590 g/mol. The molecule has 0 aliphatic heterocycles. The first-order valence-corrected chi connectivity index (χ1v) is 16.2. The first kappa shape index (κ1) is 31.7. The van der Waals surface area contributed by atoms with E-state index in [4.69, 9.17) is 4.74 Å². The normalized spacial score (nSPS) is 14.1. The maximum Gasteiger partial charge on any atom is 0.407 e. The third-order valence-electron chi connectivity index (χ3n) is 8.62. The second kappa shape index (κ2) is 15.4. The van der Waals surface area contributed by atoms with Crippen LogP contribution >= 0.6 is 0 Å². The zero-order valence-corrected chi connectivity index (χ0v) is 26.5. The van der Waals surface area contributed by atoms with Crippen molar-refractivity contribution >= 4 is 17.7 Å². The van der Waals surface area contributed by atoms with Gasteiger partial charge in [-0.3, -0.25) is 9.69 Å². The average molecular weight is 632 g/mol. The third kappa shape index (κ3) is 9.17. The fraction of sp³-hybridized carbons (Fsp3) is 0.297. The second-order valence-electron chi connectivity index (χ2n) is 12.3. The second-order valence-corrected chi connectivity index (χ2v) is 12.3. The highest BCUT2D eigenvalue weighted by molar-refractivity contribution is 6.04. The molecule has 2 amide bonds. The van der Waals surface area contributed by atoms with Crippen molar-refractivity contribution < 1.29 is 14.3 Å². The van der Waals surface area contributed by atoms with Crippen LogP contribution in [0.25, 0.3) is 0 Å². The van der Waals surface area contributed by atoms with Gasteiger partial charge in [0.2, 0.25) is 0 Å². The Hall–Kier alpha value is -5.22. The number of amides is 2. The fourth-order valence-corrected chi connectivity index (χ4v) is 6.23. The number of rotatable bonds is 13. The zero-order chi connectivity index (χ0) is 32.3. The lowest BCUT2D eigenvalue weighted by Gasteiger charge is -2.38. The lowest BCUT2D eigenvalue weighted by atomic mass is 9.77. The molecule has 47 heavy (non-hydrogen) atoms. The molecule has 10 heteroatoms. The number of carbonyl (C=O) groups is 2. The van der Waals surface area contributed by atoms with E-state index in [-0.39, 0.29) is 24.1 Å². The van der Waals surface area contributed by atoms with Crippen LogP contribution in [0.15, 0.2) is 104 Å². The zero-order valence-electron chi connectivity index (χ0n) is 26.5. The molecule has 10 nitrogen and oxygen atoms in total. The van der Waals surface area contributed by atoms with Crippen LogP contribution in [0.2, 0.25) is 0 Å². The Morgan fingerprint density at radius 3 is 2.00 bits per heavy atom. The molecular formula is C37H41N7O3. The molecule has 6 rings (SSSR count). The minimum atomic E-state index is -0.381. The number of nitrogens with zero attached hydrogens (tertiary/aromatic N) is 3. The van der Waals surface area contributed by atoms with Gasteiger partial charge in [0.25, 0.3) is 5.91 Å². The number of aromatic nitrogens is 4. The van der Waals surface area contributed by atoms with Gasteiger partial charge in [-0.05, 0) is 60.2 Å². The van der Waals surface area contributed by atoms with Crippen molar-refractivity contribution in [3.63, 3.8) is 0 Å². The molecule has 3 aromatic carbocycles. The van der Waals surface area contributed by atoms with Crippen LogP contribution in [0.5, 0.6) is 0 Å². The largest absolute Gasteiger partial charge is 0.445 e. The van der Waals surface area contributed by atoms with Crippen molar-refractivity contribution in [3.05, 3.63) is 138 Å². The van der Waals surface area contributed by atoms with Crippen LogP contribution in [-0.4, -0.2) is 42.4 Å². The molecule has 0 atom stereocenters. The molecule has 0 spiro atoms. The van der Waals surface area contributed by atoms with Crippen LogP contribution in [0.3, 0.4) is 0 Å². The van der Waals surface area contributed by atoms with Gasteiger partial charge in [0, 0.05) is 48.1 Å². The molecule has 2 aromatic heterocycles. The average Bonchev–Trinajstić information content (AvgIpc) is 3.81. The van der Waals surface area contributed by atoms with Crippen LogP contribution in [0.1, 0.15) is 70.8 Å². The van der Waals surface area contributed by atoms with E-state index in [1.807, 2.05) is 91.3 Å². The molecule has 1 aliphatic carbocycles. The van der Waals surface area contributed by atoms with Crippen molar-refractivity contribution in [2.75, 3.05) is 5.32 Å². The van der Waals surface area contributed by atoms with E-state index < -0.39 is 0 Å². The van der Waals surface area contributed by atoms with Gasteiger partial charge < -0.3 is 25.3 Å². The summed E-state index contributed by atoms with van der Waals surface area (Å²) >= 11 is 0. The predicted molar refractivity (Wildman–Crippen MR) is 180 cm³/mol. The van der Waals surface area contributed by atoms with Gasteiger partial charge in [-0.2, -0.15) is 0 Å². The summed E-state index contributed by atoms with van der Waals surface area (Å²) in [5.41, 5.74) is 4.11. The highest BCUT2D eigenvalue weighted by atomic mass is 16.5. The summed E-state index contributed by atoms with van der Waals surface area (Å²) < 4.78 is 5.56. The molecule has 1 fully saturated rings. The Morgan fingerprint density at radius 1 is 0.745 bits per heavy atom. The van der Waals surface area contributed by atoms with Crippen molar-refractivity contribution in [1.82, 2.24) is 30.2 Å². The summed E-state index contributed by atoms with van der Waals surface area (Å²) in [6, 6.07) is 25.3. The van der Waals surface area contributed by atoms with Crippen LogP contribution in [0, 0.1) is 0 Å². The molecule has 2 heterocycles. The Kier molecular flexibility index (Phi) is 10.4. The molecule has 1 aliphatic rings. The van der Waals surface area contributed by atoms with E-state index in [2.05, 4.69) is 35.5 Å². The van der Waals surface area contributed by atoms with Gasteiger partial charge in [0.1, 0.15) is 18.3 Å². The van der Waals surface area contributed by atoms with Crippen molar-refractivity contribution in [1.29, 1.82) is 0 Å². The number of hydrogen-bond donors (Lipinski definition) is 4. The summed E-state index contributed by atoms with van der Waals surface area (Å²) in [5.74, 6) is 1.59. The summed E-state index contributed by atoms with van der Waals surface area (Å²) in [6.07, 6.45) is 12.6. The standard InChI is InChI=1S/C37H41N7O3/c45-35(31-13-9-29(10-14-31)24-44(25-33-38-19-20-39-33)26-34-40-21-22-41-34)42-32-15-11-28(12-16-32)23-37(17-5-2-6-18-37)43-36(46)47-27-30-7-3-1-4-8-30/h1,3-4,7-16,19-22H,2,5-6,17-18,23-27H2,(H,38,39)(H,40,41)(H,42,45)(H,43,46). The molecule has 4 N–H and O–H groups in total. The lowest BCUT2D eigenvalue weighted by molar-refractivity contribution is 0.102. The number of imidazole rings is 2. The number of benzene rings is 3. The third-order valence-corrected chi connectivity index (χ3v) is 8.62. The van der Waals surface area contributed by atoms with Crippen molar-refractivity contribution in [2.24, 2.45) is 0 Å². The number of nitrogens with one attached hydrogen (secondary N) is 4. The van der Waals surface area contributed by atoms with E-state index in [0.717, 1.165) is 59.7 Å². The summed E-state index contributed by atoms with van der Waals surface area (Å²) in [4.78, 5) is 43.2. The molecule has 0 radical (unpaired) electrons. The summed E-state index contributed by atoms with van der Waals surface area (Å²) in [6.45, 7) is 2.20. The number of ether oxygens (including phenoxy) is 1. The SMILES string of the molecule is O=C(NC1(Cc2ccc(NC(=O)c3ccc(CN(Cc4ncc[nH]4)Cc4ncc[nH]4)cc3)cc2)CCCCC1)OCc1ccccc1. The molecule has 242 valence electrons. The molecule has 0 unspecified atom stereocenters. The van der Waals surface area contributed by atoms with Crippen molar-refractivity contribution in [2.45, 2.75) is 70.3 Å². The van der Waals surface area contributed by atoms with E-state index in [0.29, 0.717) is 31.6 Å². The van der Waals surface area contributed by atoms with Crippen LogP contribution < -0.4 is 10.6 Å². The van der Waals surface area contributed by atoms with E-state index >= 15 is 0 Å². The topological polar surface area (TPSA) is 128 Å². The number of anilines is 1. The predicted octanol–water partition coefficient (Wildman–Crippen LogP) is 6.76. The highest BCUT2D eigenvalue weighted by Crippen LogP contribution is 2.32. The van der Waals surface area contributed by atoms with Crippen LogP contribution in [-0.2, 0) is 37.4 Å². The van der Waals surface area contributed by atoms with Crippen LogP contribution in [0.4, 0.5) is 10.5 Å². The maximum atomic E-state index is 13.1. The molecule has 0 bridgehead atoms. The van der Waals surface area contributed by atoms with Gasteiger partial charge >= 0.3 is 6.09 Å². The van der Waals surface area contributed by atoms with E-state index in [9.17, 15) is 9.59 Å². The smallest absolute Gasteiger partial charge is 0.407 e. The van der Waals surface area contributed by atoms with Gasteiger partial charge in [-0.1, -0.05) is 73.9 Å². The monoisotopic (exact) mass is 631 g/mol. The van der Waals surface area contributed by atoms with E-state index in [1.165, 1.54) is 6.42 Å². The van der Waals surface area contributed by atoms with Gasteiger partial charge in [0.05, 0.1) is 13.1 Å². The minimum absolute atomic E-state index is 0.168. The van der Waals surface area contributed by atoms with E-state index in [1.54, 1.807) is 12.4 Å². The number of carbonyl (C=O) groups excluding carboxylic acids is 2. The Morgan fingerprint density at radius 2 is 1.38 bits per heavy atom. The Balaban J connectivity index is 1.03. The number of H-pyrrole nitrogens is 2. The van der Waals surface area contributed by atoms with Gasteiger partial charge in [0.15, 0.2) is 0 Å². The molecule has 0 saturated heterocycles. The maximum absolute atomic E-state index is 13.1. The fourth-order valence-electron chi connectivity index (χ4n) is 6.23. The first-order chi connectivity index (χ1) is 23.0. The summed E-state index contributed by atoms with van der Waals surface area (Å²) in [5, 5.41) is 6.23. The minimum Gasteiger partial charge on any atom is -0.445 e. The van der Waals surface area contributed by atoms with Gasteiger partial charge in [-0.25, -0.2) is 14.8 Å². The van der Waals surface area contributed by atoms with Crippen molar-refractivity contribution in [3.8, 4) is 0 Å².